The fourth-order valence-electron chi connectivity index (χ4n) is 2.22. The average molecular weight is 318 g/mol. The second-order valence-electron chi connectivity index (χ2n) is 5.96. The minimum atomic E-state index is -4.64. The molecule has 0 spiro atoms. The van der Waals surface area contributed by atoms with E-state index in [-0.39, 0.29) is 5.75 Å². The zero-order chi connectivity index (χ0) is 16.6. The van der Waals surface area contributed by atoms with Gasteiger partial charge in [0, 0.05) is 0 Å². The van der Waals surface area contributed by atoms with E-state index in [1.807, 2.05) is 13.8 Å². The molecule has 0 amide bonds. The molecule has 0 aliphatic carbocycles. The van der Waals surface area contributed by atoms with Gasteiger partial charge in [0.2, 0.25) is 0 Å². The highest BCUT2D eigenvalue weighted by Gasteiger charge is 2.30. The maximum absolute atomic E-state index is 12.0. The second-order valence-corrected chi connectivity index (χ2v) is 5.96. The van der Waals surface area contributed by atoms with Crippen LogP contribution >= 0.6 is 0 Å². The zero-order valence-corrected chi connectivity index (χ0v) is 13.2. The molecule has 0 heterocycles. The van der Waals surface area contributed by atoms with Crippen molar-refractivity contribution in [2.75, 3.05) is 0 Å². The Hall–Kier alpha value is -1.23. The lowest BCUT2D eigenvalue weighted by molar-refractivity contribution is -0.274. The summed E-state index contributed by atoms with van der Waals surface area (Å²) in [5.74, 6) is -0.182. The first-order chi connectivity index (χ1) is 10.2. The van der Waals surface area contributed by atoms with Gasteiger partial charge in [0.1, 0.15) is 5.75 Å². The Morgan fingerprint density at radius 2 is 1.59 bits per heavy atom. The van der Waals surface area contributed by atoms with E-state index in [2.05, 4.69) is 4.74 Å². The summed E-state index contributed by atoms with van der Waals surface area (Å²) in [5, 5.41) is 9.87. The average Bonchev–Trinajstić information content (AvgIpc) is 2.43. The SMILES string of the molecule is CCC(C)(O)CCCCCCc1ccc(OC(F)(F)F)cc1. The van der Waals surface area contributed by atoms with Crippen LogP contribution in [-0.4, -0.2) is 17.1 Å². The number of halogens is 3. The van der Waals surface area contributed by atoms with Crippen LogP contribution in [0.3, 0.4) is 0 Å². The number of aryl methyl sites for hydroxylation is 1. The van der Waals surface area contributed by atoms with Crippen molar-refractivity contribution in [2.45, 2.75) is 70.8 Å². The summed E-state index contributed by atoms with van der Waals surface area (Å²) in [4.78, 5) is 0. The summed E-state index contributed by atoms with van der Waals surface area (Å²) < 4.78 is 39.9. The molecule has 5 heteroatoms. The Bertz CT molecular complexity index is 425. The molecule has 0 saturated carbocycles. The normalized spacial score (nSPS) is 14.6. The first-order valence-electron chi connectivity index (χ1n) is 7.79. The van der Waals surface area contributed by atoms with Crippen molar-refractivity contribution in [3.63, 3.8) is 0 Å². The molecular formula is C17H25F3O2. The van der Waals surface area contributed by atoms with Gasteiger partial charge in [0.25, 0.3) is 0 Å². The van der Waals surface area contributed by atoms with Crippen molar-refractivity contribution in [1.29, 1.82) is 0 Å². The summed E-state index contributed by atoms with van der Waals surface area (Å²) >= 11 is 0. The molecule has 1 atom stereocenters. The molecule has 0 aliphatic rings. The minimum absolute atomic E-state index is 0.182. The van der Waals surface area contributed by atoms with E-state index in [0.717, 1.165) is 50.5 Å². The van der Waals surface area contributed by atoms with E-state index < -0.39 is 12.0 Å². The molecule has 0 bridgehead atoms. The van der Waals surface area contributed by atoms with E-state index >= 15 is 0 Å². The molecule has 0 aliphatic heterocycles. The van der Waals surface area contributed by atoms with Gasteiger partial charge in [-0.2, -0.15) is 0 Å². The molecule has 0 aromatic heterocycles. The Morgan fingerprint density at radius 3 is 2.14 bits per heavy atom. The smallest absolute Gasteiger partial charge is 0.406 e. The van der Waals surface area contributed by atoms with E-state index in [4.69, 9.17) is 0 Å². The Labute approximate surface area is 130 Å². The van der Waals surface area contributed by atoms with Gasteiger partial charge in [-0.3, -0.25) is 0 Å². The molecule has 126 valence electrons. The van der Waals surface area contributed by atoms with Gasteiger partial charge in [-0.1, -0.05) is 38.3 Å². The fourth-order valence-corrected chi connectivity index (χ4v) is 2.22. The summed E-state index contributed by atoms with van der Waals surface area (Å²) in [6, 6.07) is 6.04. The number of alkyl halides is 3. The van der Waals surface area contributed by atoms with Crippen molar-refractivity contribution in [3.8, 4) is 5.75 Å². The molecule has 0 saturated heterocycles. The van der Waals surface area contributed by atoms with Crippen LogP contribution in [0, 0.1) is 0 Å². The topological polar surface area (TPSA) is 29.5 Å². The molecule has 1 N–H and O–H groups in total. The van der Waals surface area contributed by atoms with Gasteiger partial charge in [-0.15, -0.1) is 13.2 Å². The van der Waals surface area contributed by atoms with Crippen molar-refractivity contribution in [3.05, 3.63) is 29.8 Å². The van der Waals surface area contributed by atoms with Crippen molar-refractivity contribution in [2.24, 2.45) is 0 Å². The number of hydrogen-bond donors (Lipinski definition) is 1. The number of hydrogen-bond acceptors (Lipinski definition) is 2. The van der Waals surface area contributed by atoms with Crippen molar-refractivity contribution >= 4 is 0 Å². The predicted molar refractivity (Wildman–Crippen MR) is 80.8 cm³/mol. The van der Waals surface area contributed by atoms with Gasteiger partial charge < -0.3 is 9.84 Å². The molecule has 1 aromatic rings. The minimum Gasteiger partial charge on any atom is -0.406 e. The van der Waals surface area contributed by atoms with Crippen LogP contribution in [0.5, 0.6) is 5.75 Å². The fraction of sp³-hybridized carbons (Fsp3) is 0.647. The molecular weight excluding hydrogens is 293 g/mol. The number of ether oxygens (including phenoxy) is 1. The van der Waals surface area contributed by atoms with Gasteiger partial charge >= 0.3 is 6.36 Å². The van der Waals surface area contributed by atoms with Crippen LogP contribution in [0.4, 0.5) is 13.2 Å². The quantitative estimate of drug-likeness (QED) is 0.631. The van der Waals surface area contributed by atoms with E-state index in [1.54, 1.807) is 12.1 Å². The van der Waals surface area contributed by atoms with Crippen LogP contribution in [-0.2, 0) is 6.42 Å². The van der Waals surface area contributed by atoms with Crippen LogP contribution in [0.1, 0.15) is 57.9 Å². The lowest BCUT2D eigenvalue weighted by atomic mass is 9.95. The van der Waals surface area contributed by atoms with Crippen molar-refractivity contribution < 1.29 is 23.0 Å². The highest BCUT2D eigenvalue weighted by atomic mass is 19.4. The maximum atomic E-state index is 12.0. The summed E-state index contributed by atoms with van der Waals surface area (Å²) in [6.45, 7) is 3.84. The predicted octanol–water partition coefficient (Wildman–Crippen LogP) is 5.24. The van der Waals surface area contributed by atoms with Crippen LogP contribution in [0.2, 0.25) is 0 Å². The largest absolute Gasteiger partial charge is 0.573 e. The molecule has 0 radical (unpaired) electrons. The number of rotatable bonds is 9. The Balaban J connectivity index is 2.20. The molecule has 2 nitrogen and oxygen atoms in total. The van der Waals surface area contributed by atoms with Gasteiger partial charge in [-0.25, -0.2) is 0 Å². The monoisotopic (exact) mass is 318 g/mol. The third kappa shape index (κ3) is 8.27. The highest BCUT2D eigenvalue weighted by Crippen LogP contribution is 2.23. The van der Waals surface area contributed by atoms with Crippen LogP contribution in [0.25, 0.3) is 0 Å². The lowest BCUT2D eigenvalue weighted by Crippen LogP contribution is -2.22. The molecule has 1 unspecified atom stereocenters. The van der Waals surface area contributed by atoms with Crippen LogP contribution < -0.4 is 4.74 Å². The number of unbranched alkanes of at least 4 members (excludes halogenated alkanes) is 3. The van der Waals surface area contributed by atoms with E-state index in [9.17, 15) is 18.3 Å². The maximum Gasteiger partial charge on any atom is 0.573 e. The Kier molecular flexibility index (Phi) is 7.20. The standard InChI is InChI=1S/C17H25F3O2/c1-3-16(2,21)13-7-5-4-6-8-14-9-11-15(12-10-14)22-17(18,19)20/h9-12,21H,3-8,13H2,1-2H3. The lowest BCUT2D eigenvalue weighted by Gasteiger charge is -2.20. The van der Waals surface area contributed by atoms with Crippen LogP contribution in [0.15, 0.2) is 24.3 Å². The summed E-state index contributed by atoms with van der Waals surface area (Å²) in [7, 11) is 0. The highest BCUT2D eigenvalue weighted by molar-refractivity contribution is 5.27. The third-order valence-electron chi connectivity index (χ3n) is 3.85. The van der Waals surface area contributed by atoms with E-state index in [1.165, 1.54) is 12.1 Å². The second kappa shape index (κ2) is 8.42. The number of benzene rings is 1. The van der Waals surface area contributed by atoms with Gasteiger partial charge in [-0.05, 0) is 50.3 Å². The van der Waals surface area contributed by atoms with Crippen molar-refractivity contribution in [1.82, 2.24) is 0 Å². The Morgan fingerprint density at radius 1 is 1.00 bits per heavy atom. The third-order valence-corrected chi connectivity index (χ3v) is 3.85. The van der Waals surface area contributed by atoms with Gasteiger partial charge in [0.15, 0.2) is 0 Å². The molecule has 0 fully saturated rings. The summed E-state index contributed by atoms with van der Waals surface area (Å²) in [5.41, 5.74) is 0.448. The first-order valence-corrected chi connectivity index (χ1v) is 7.79. The van der Waals surface area contributed by atoms with E-state index in [0.29, 0.717) is 0 Å². The van der Waals surface area contributed by atoms with Gasteiger partial charge in [0.05, 0.1) is 5.60 Å². The zero-order valence-electron chi connectivity index (χ0n) is 13.2. The molecule has 1 rings (SSSR count). The summed E-state index contributed by atoms with van der Waals surface area (Å²) in [6.07, 6.45) is 1.89. The molecule has 22 heavy (non-hydrogen) atoms. The number of aliphatic hydroxyl groups is 1. The molecule has 1 aromatic carbocycles. The first kappa shape index (κ1) is 18.8.